The minimum absolute atomic E-state index is 0.0248. The third-order valence-corrected chi connectivity index (χ3v) is 5.04. The molecule has 3 rings (SSSR count). The molecule has 7 heteroatoms. The van der Waals surface area contributed by atoms with Crippen molar-refractivity contribution in [2.45, 2.75) is 11.4 Å². The van der Waals surface area contributed by atoms with Crippen molar-refractivity contribution in [1.29, 1.82) is 0 Å². The number of carbonyl (C=O) groups is 1. The number of ether oxygens (including phenoxy) is 2. The number of benzene rings is 2. The van der Waals surface area contributed by atoms with Gasteiger partial charge in [0.15, 0.2) is 11.5 Å². The molecule has 3 aromatic rings. The van der Waals surface area contributed by atoms with Gasteiger partial charge in [-0.2, -0.15) is 0 Å². The van der Waals surface area contributed by atoms with E-state index in [4.69, 9.17) is 9.47 Å². The summed E-state index contributed by atoms with van der Waals surface area (Å²) in [5.41, 5.74) is 1.95. The summed E-state index contributed by atoms with van der Waals surface area (Å²) >= 11 is 1.42. The van der Waals surface area contributed by atoms with Gasteiger partial charge in [-0.25, -0.2) is 9.97 Å². The van der Waals surface area contributed by atoms with Gasteiger partial charge in [0.05, 0.1) is 25.5 Å². The Bertz CT molecular complexity index is 928. The van der Waals surface area contributed by atoms with E-state index in [2.05, 4.69) is 15.3 Å². The van der Waals surface area contributed by atoms with Gasteiger partial charge in [-0.15, -0.1) is 0 Å². The predicted molar refractivity (Wildman–Crippen MR) is 107 cm³/mol. The van der Waals surface area contributed by atoms with Crippen molar-refractivity contribution >= 4 is 28.6 Å². The second-order valence-corrected chi connectivity index (χ2v) is 6.74. The topological polar surface area (TPSA) is 73.3 Å². The standard InChI is InChI=1S/C20H21N3O3S/c1-25-17-8-7-14(11-18(17)26-2)9-10-21-19(24)12-27-20-15-5-3-4-6-16(15)22-13-23-20/h3-8,11,13H,9-10,12H2,1-2H3,(H,21,24). The smallest absolute Gasteiger partial charge is 0.230 e. The number of fused-ring (bicyclic) bond motifs is 1. The van der Waals surface area contributed by atoms with Crippen LogP contribution in [0.4, 0.5) is 0 Å². The van der Waals surface area contributed by atoms with Crippen molar-refractivity contribution < 1.29 is 14.3 Å². The molecular weight excluding hydrogens is 362 g/mol. The number of aromatic nitrogens is 2. The highest BCUT2D eigenvalue weighted by molar-refractivity contribution is 8.00. The molecule has 0 saturated carbocycles. The van der Waals surface area contributed by atoms with Crippen LogP contribution in [0.15, 0.2) is 53.8 Å². The van der Waals surface area contributed by atoms with Crippen molar-refractivity contribution in [3.05, 3.63) is 54.4 Å². The van der Waals surface area contributed by atoms with Crippen LogP contribution in [0.1, 0.15) is 5.56 Å². The van der Waals surface area contributed by atoms with E-state index in [-0.39, 0.29) is 5.91 Å². The number of rotatable bonds is 8. The van der Waals surface area contributed by atoms with Gasteiger partial charge >= 0.3 is 0 Å². The fraction of sp³-hybridized carbons (Fsp3) is 0.250. The number of amides is 1. The minimum atomic E-state index is -0.0248. The molecule has 1 amide bonds. The molecule has 6 nitrogen and oxygen atoms in total. The third-order valence-electron chi connectivity index (χ3n) is 4.03. The van der Waals surface area contributed by atoms with Crippen LogP contribution in [0.3, 0.4) is 0 Å². The summed E-state index contributed by atoms with van der Waals surface area (Å²) < 4.78 is 10.5. The number of methoxy groups -OCH3 is 2. The summed E-state index contributed by atoms with van der Waals surface area (Å²) in [5, 5.41) is 4.72. The Morgan fingerprint density at radius 2 is 1.89 bits per heavy atom. The van der Waals surface area contributed by atoms with Crippen molar-refractivity contribution in [2.75, 3.05) is 26.5 Å². The lowest BCUT2D eigenvalue weighted by Gasteiger charge is -2.10. The first-order valence-corrected chi connectivity index (χ1v) is 9.50. The van der Waals surface area contributed by atoms with Gasteiger partial charge in [0.1, 0.15) is 11.4 Å². The van der Waals surface area contributed by atoms with E-state index < -0.39 is 0 Å². The van der Waals surface area contributed by atoms with Crippen molar-refractivity contribution in [3.8, 4) is 11.5 Å². The van der Waals surface area contributed by atoms with Crippen molar-refractivity contribution in [1.82, 2.24) is 15.3 Å². The highest BCUT2D eigenvalue weighted by Gasteiger charge is 2.08. The Morgan fingerprint density at radius 1 is 1.07 bits per heavy atom. The average molecular weight is 383 g/mol. The highest BCUT2D eigenvalue weighted by atomic mass is 32.2. The van der Waals surface area contributed by atoms with Gasteiger partial charge < -0.3 is 14.8 Å². The second kappa shape index (κ2) is 9.23. The molecule has 1 heterocycles. The molecule has 0 radical (unpaired) electrons. The maximum Gasteiger partial charge on any atom is 0.230 e. The molecule has 0 fully saturated rings. The number of hydrogen-bond acceptors (Lipinski definition) is 6. The molecule has 0 unspecified atom stereocenters. The van der Waals surface area contributed by atoms with Crippen LogP contribution in [-0.2, 0) is 11.2 Å². The van der Waals surface area contributed by atoms with Crippen LogP contribution in [0.2, 0.25) is 0 Å². The molecule has 0 aliphatic rings. The lowest BCUT2D eigenvalue weighted by molar-refractivity contribution is -0.118. The Labute approximate surface area is 162 Å². The summed E-state index contributed by atoms with van der Waals surface area (Å²) in [6.07, 6.45) is 2.24. The lowest BCUT2D eigenvalue weighted by atomic mass is 10.1. The van der Waals surface area contributed by atoms with E-state index in [1.165, 1.54) is 18.1 Å². The second-order valence-electron chi connectivity index (χ2n) is 5.77. The summed E-state index contributed by atoms with van der Waals surface area (Å²) in [7, 11) is 3.22. The van der Waals surface area contributed by atoms with Gasteiger partial charge in [0, 0.05) is 11.9 Å². The fourth-order valence-electron chi connectivity index (χ4n) is 2.66. The number of thioether (sulfide) groups is 1. The fourth-order valence-corrected chi connectivity index (χ4v) is 3.48. The molecule has 0 aliphatic heterocycles. The number of para-hydroxylation sites is 1. The van der Waals surface area contributed by atoms with Gasteiger partial charge in [-0.05, 0) is 30.2 Å². The van der Waals surface area contributed by atoms with E-state index in [1.807, 2.05) is 42.5 Å². The SMILES string of the molecule is COc1ccc(CCNC(=O)CSc2ncnc3ccccc23)cc1OC. The first-order valence-electron chi connectivity index (χ1n) is 8.51. The first kappa shape index (κ1) is 19.0. The van der Waals surface area contributed by atoms with Gasteiger partial charge in [0.25, 0.3) is 0 Å². The predicted octanol–water partition coefficient (Wildman–Crippen LogP) is 3.10. The first-order chi connectivity index (χ1) is 13.2. The van der Waals surface area contributed by atoms with Gasteiger partial charge in [-0.3, -0.25) is 4.79 Å². The molecule has 2 aromatic carbocycles. The zero-order valence-electron chi connectivity index (χ0n) is 15.3. The summed E-state index contributed by atoms with van der Waals surface area (Å²) in [5.74, 6) is 1.67. The quantitative estimate of drug-likeness (QED) is 0.476. The van der Waals surface area contributed by atoms with E-state index in [1.54, 1.807) is 14.2 Å². The number of hydrogen-bond donors (Lipinski definition) is 1. The molecule has 0 bridgehead atoms. The zero-order valence-corrected chi connectivity index (χ0v) is 16.1. The Kier molecular flexibility index (Phi) is 6.49. The third kappa shape index (κ3) is 4.89. The molecular formula is C20H21N3O3S. The largest absolute Gasteiger partial charge is 0.493 e. The number of carbonyl (C=O) groups excluding carboxylic acids is 1. The van der Waals surface area contributed by atoms with E-state index in [0.29, 0.717) is 30.2 Å². The van der Waals surface area contributed by atoms with Crippen LogP contribution in [0, 0.1) is 0 Å². The average Bonchev–Trinajstić information content (AvgIpc) is 2.72. The summed E-state index contributed by atoms with van der Waals surface area (Å²) in [6, 6.07) is 13.5. The summed E-state index contributed by atoms with van der Waals surface area (Å²) in [6.45, 7) is 0.555. The number of nitrogens with one attached hydrogen (secondary N) is 1. The molecule has 0 saturated heterocycles. The maximum absolute atomic E-state index is 12.1. The minimum Gasteiger partial charge on any atom is -0.493 e. The molecule has 1 aromatic heterocycles. The zero-order chi connectivity index (χ0) is 19.1. The highest BCUT2D eigenvalue weighted by Crippen LogP contribution is 2.27. The van der Waals surface area contributed by atoms with Crippen molar-refractivity contribution in [2.24, 2.45) is 0 Å². The molecule has 0 aliphatic carbocycles. The van der Waals surface area contributed by atoms with Crippen LogP contribution >= 0.6 is 11.8 Å². The molecule has 1 N–H and O–H groups in total. The van der Waals surface area contributed by atoms with Crippen LogP contribution in [0.25, 0.3) is 10.9 Å². The maximum atomic E-state index is 12.1. The van der Waals surface area contributed by atoms with E-state index in [9.17, 15) is 4.79 Å². The van der Waals surface area contributed by atoms with E-state index in [0.717, 1.165) is 21.5 Å². The summed E-state index contributed by atoms with van der Waals surface area (Å²) in [4.78, 5) is 20.7. The van der Waals surface area contributed by atoms with Crippen molar-refractivity contribution in [3.63, 3.8) is 0 Å². The monoisotopic (exact) mass is 383 g/mol. The van der Waals surface area contributed by atoms with Gasteiger partial charge in [0.2, 0.25) is 5.91 Å². The molecule has 27 heavy (non-hydrogen) atoms. The lowest BCUT2D eigenvalue weighted by Crippen LogP contribution is -2.27. The molecule has 0 atom stereocenters. The Balaban J connectivity index is 1.50. The van der Waals surface area contributed by atoms with E-state index >= 15 is 0 Å². The van der Waals surface area contributed by atoms with Crippen LogP contribution in [-0.4, -0.2) is 42.4 Å². The normalized spacial score (nSPS) is 10.6. The van der Waals surface area contributed by atoms with Gasteiger partial charge in [-0.1, -0.05) is 36.0 Å². The Morgan fingerprint density at radius 3 is 2.70 bits per heavy atom. The number of nitrogens with zero attached hydrogens (tertiary/aromatic N) is 2. The Hall–Kier alpha value is -2.80. The molecule has 140 valence electrons. The van der Waals surface area contributed by atoms with Crippen LogP contribution < -0.4 is 14.8 Å². The molecule has 0 spiro atoms. The van der Waals surface area contributed by atoms with Crippen LogP contribution in [0.5, 0.6) is 11.5 Å².